The zero-order valence-electron chi connectivity index (χ0n) is 14.0. The van der Waals surface area contributed by atoms with Gasteiger partial charge in [0, 0.05) is 11.3 Å². The highest BCUT2D eigenvalue weighted by Gasteiger charge is 2.20. The summed E-state index contributed by atoms with van der Waals surface area (Å²) >= 11 is 1.74. The highest BCUT2D eigenvalue weighted by atomic mass is 32.1. The average molecular weight is 343 g/mol. The van der Waals surface area contributed by atoms with Gasteiger partial charge in [-0.3, -0.25) is 5.10 Å². The van der Waals surface area contributed by atoms with Crippen LogP contribution in [0.4, 0.5) is 0 Å². The molecule has 7 heteroatoms. The first-order valence-corrected chi connectivity index (χ1v) is 9.13. The monoisotopic (exact) mass is 343 g/mol. The van der Waals surface area contributed by atoms with Gasteiger partial charge in [0.1, 0.15) is 0 Å². The summed E-state index contributed by atoms with van der Waals surface area (Å²) in [5, 5.41) is 11.5. The Morgan fingerprint density at radius 2 is 2.17 bits per heavy atom. The Morgan fingerprint density at radius 1 is 1.33 bits per heavy atom. The van der Waals surface area contributed by atoms with Crippen LogP contribution in [0.25, 0.3) is 22.2 Å². The van der Waals surface area contributed by atoms with E-state index < -0.39 is 0 Å². The van der Waals surface area contributed by atoms with Crippen molar-refractivity contribution in [3.8, 4) is 22.2 Å². The van der Waals surface area contributed by atoms with Crippen LogP contribution in [0.2, 0.25) is 0 Å². The van der Waals surface area contributed by atoms with Crippen molar-refractivity contribution in [2.24, 2.45) is 5.92 Å². The van der Waals surface area contributed by atoms with Crippen LogP contribution in [-0.2, 0) is 6.42 Å². The number of piperidine rings is 1. The lowest BCUT2D eigenvalue weighted by Gasteiger charge is -2.27. The van der Waals surface area contributed by atoms with E-state index in [9.17, 15) is 0 Å². The van der Waals surface area contributed by atoms with Crippen LogP contribution in [0.1, 0.15) is 23.5 Å². The quantitative estimate of drug-likeness (QED) is 0.786. The number of thiophene rings is 1. The Morgan fingerprint density at radius 3 is 2.92 bits per heavy atom. The molecule has 1 saturated heterocycles. The summed E-state index contributed by atoms with van der Waals surface area (Å²) in [7, 11) is 2.17. The van der Waals surface area contributed by atoms with Crippen molar-refractivity contribution >= 4 is 11.3 Å². The largest absolute Gasteiger partial charge is 0.332 e. The molecular weight excluding hydrogens is 322 g/mol. The first-order valence-electron chi connectivity index (χ1n) is 8.31. The Hall–Kier alpha value is -1.99. The van der Waals surface area contributed by atoms with Crippen molar-refractivity contribution < 1.29 is 4.52 Å². The molecule has 0 unspecified atom stereocenters. The molecule has 1 aliphatic rings. The van der Waals surface area contributed by atoms with Gasteiger partial charge in [0.2, 0.25) is 0 Å². The molecule has 0 bridgehead atoms. The predicted molar refractivity (Wildman–Crippen MR) is 93.9 cm³/mol. The van der Waals surface area contributed by atoms with E-state index in [2.05, 4.69) is 51.3 Å². The molecule has 0 spiro atoms. The summed E-state index contributed by atoms with van der Waals surface area (Å²) in [6.45, 7) is 4.40. The van der Waals surface area contributed by atoms with Crippen LogP contribution in [0.3, 0.4) is 0 Å². The summed E-state index contributed by atoms with van der Waals surface area (Å²) in [5.74, 6) is 1.93. The highest BCUT2D eigenvalue weighted by molar-refractivity contribution is 7.15. The van der Waals surface area contributed by atoms with E-state index in [-0.39, 0.29) is 0 Å². The molecular formula is C17H21N5OS. The number of rotatable bonds is 4. The summed E-state index contributed by atoms with van der Waals surface area (Å²) in [4.78, 5) is 9.35. The fraction of sp³-hybridized carbons (Fsp3) is 0.471. The van der Waals surface area contributed by atoms with Gasteiger partial charge in [0.15, 0.2) is 11.5 Å². The predicted octanol–water partition coefficient (Wildman–Crippen LogP) is 3.38. The number of hydrogen-bond donors (Lipinski definition) is 1. The van der Waals surface area contributed by atoms with Gasteiger partial charge in [-0.15, -0.1) is 11.3 Å². The molecule has 3 aromatic rings. The number of aromatic nitrogens is 4. The van der Waals surface area contributed by atoms with Crippen LogP contribution < -0.4 is 0 Å². The SMILES string of the molecule is Cc1ccc(-c2cc(-c3nc(CC4CCN(C)CC4)no3)n[nH]2)s1. The summed E-state index contributed by atoms with van der Waals surface area (Å²) in [5.41, 5.74) is 1.69. The molecule has 1 fully saturated rings. The van der Waals surface area contributed by atoms with E-state index in [1.54, 1.807) is 11.3 Å². The number of H-pyrrole nitrogens is 1. The lowest BCUT2D eigenvalue weighted by Crippen LogP contribution is -2.31. The third-order valence-electron chi connectivity index (χ3n) is 4.58. The maximum absolute atomic E-state index is 5.42. The molecule has 4 rings (SSSR count). The molecule has 0 atom stereocenters. The molecule has 24 heavy (non-hydrogen) atoms. The Labute approximate surface area is 144 Å². The van der Waals surface area contributed by atoms with Gasteiger partial charge in [-0.25, -0.2) is 0 Å². The van der Waals surface area contributed by atoms with Crippen molar-refractivity contribution in [3.63, 3.8) is 0 Å². The van der Waals surface area contributed by atoms with Crippen LogP contribution >= 0.6 is 11.3 Å². The molecule has 3 aromatic heterocycles. The highest BCUT2D eigenvalue weighted by Crippen LogP contribution is 2.29. The lowest BCUT2D eigenvalue weighted by molar-refractivity contribution is 0.216. The van der Waals surface area contributed by atoms with E-state index in [4.69, 9.17) is 4.52 Å². The van der Waals surface area contributed by atoms with Crippen molar-refractivity contribution in [1.82, 2.24) is 25.2 Å². The topological polar surface area (TPSA) is 70.8 Å². The number of hydrogen-bond acceptors (Lipinski definition) is 6. The van der Waals surface area contributed by atoms with Crippen LogP contribution in [0.15, 0.2) is 22.7 Å². The van der Waals surface area contributed by atoms with Gasteiger partial charge < -0.3 is 9.42 Å². The average Bonchev–Trinajstić information content (AvgIpc) is 3.29. The normalized spacial score (nSPS) is 16.8. The number of nitrogens with zero attached hydrogens (tertiary/aromatic N) is 4. The van der Waals surface area contributed by atoms with Crippen LogP contribution in [0.5, 0.6) is 0 Å². The van der Waals surface area contributed by atoms with Crippen LogP contribution in [-0.4, -0.2) is 45.4 Å². The zero-order valence-corrected chi connectivity index (χ0v) is 14.8. The Bertz CT molecular complexity index is 812. The fourth-order valence-corrected chi connectivity index (χ4v) is 3.94. The summed E-state index contributed by atoms with van der Waals surface area (Å²) < 4.78 is 5.42. The van der Waals surface area contributed by atoms with Gasteiger partial charge >= 0.3 is 0 Å². The van der Waals surface area contributed by atoms with Gasteiger partial charge in [-0.1, -0.05) is 5.16 Å². The molecule has 6 nitrogen and oxygen atoms in total. The van der Waals surface area contributed by atoms with Gasteiger partial charge in [0.25, 0.3) is 5.89 Å². The van der Waals surface area contributed by atoms with E-state index in [1.807, 2.05) is 6.07 Å². The first kappa shape index (κ1) is 15.5. The molecule has 0 radical (unpaired) electrons. The van der Waals surface area contributed by atoms with Gasteiger partial charge in [-0.05, 0) is 64.0 Å². The van der Waals surface area contributed by atoms with Crippen molar-refractivity contribution in [2.45, 2.75) is 26.2 Å². The lowest BCUT2D eigenvalue weighted by atomic mass is 9.94. The van der Waals surface area contributed by atoms with Crippen molar-refractivity contribution in [2.75, 3.05) is 20.1 Å². The summed E-state index contributed by atoms with van der Waals surface area (Å²) in [6.07, 6.45) is 3.29. The molecule has 0 saturated carbocycles. The molecule has 0 aromatic carbocycles. The minimum atomic E-state index is 0.494. The Kier molecular flexibility index (Phi) is 4.20. The molecule has 1 aliphatic heterocycles. The first-order chi connectivity index (χ1) is 11.7. The Balaban J connectivity index is 1.46. The zero-order chi connectivity index (χ0) is 16.5. The smallest absolute Gasteiger partial charge is 0.278 e. The second-order valence-corrected chi connectivity index (χ2v) is 7.83. The number of nitrogens with one attached hydrogen (secondary N) is 1. The minimum Gasteiger partial charge on any atom is -0.332 e. The van der Waals surface area contributed by atoms with Gasteiger partial charge in [0.05, 0.1) is 10.6 Å². The fourth-order valence-electron chi connectivity index (χ4n) is 3.10. The molecule has 126 valence electrons. The van der Waals surface area contributed by atoms with E-state index in [0.717, 1.165) is 35.9 Å². The van der Waals surface area contributed by atoms with E-state index in [0.29, 0.717) is 17.5 Å². The van der Waals surface area contributed by atoms with Crippen molar-refractivity contribution in [1.29, 1.82) is 0 Å². The number of likely N-dealkylation sites (tertiary alicyclic amines) is 1. The standard InChI is InChI=1S/C17H21N5OS/c1-11-3-4-15(24-11)13-10-14(20-19-13)17-18-16(21-23-17)9-12-5-7-22(2)8-6-12/h3-4,10,12H,5-9H2,1-2H3,(H,19,20). The maximum atomic E-state index is 5.42. The van der Waals surface area contributed by atoms with E-state index in [1.165, 1.54) is 17.7 Å². The minimum absolute atomic E-state index is 0.494. The molecule has 0 amide bonds. The second-order valence-electron chi connectivity index (χ2n) is 6.54. The molecule has 0 aliphatic carbocycles. The maximum Gasteiger partial charge on any atom is 0.278 e. The second kappa shape index (κ2) is 6.49. The molecule has 4 heterocycles. The van der Waals surface area contributed by atoms with Gasteiger partial charge in [-0.2, -0.15) is 10.1 Å². The van der Waals surface area contributed by atoms with E-state index >= 15 is 0 Å². The number of aryl methyl sites for hydroxylation is 1. The summed E-state index contributed by atoms with van der Waals surface area (Å²) in [6, 6.07) is 6.17. The molecule has 1 N–H and O–H groups in total. The van der Waals surface area contributed by atoms with Crippen molar-refractivity contribution in [3.05, 3.63) is 28.9 Å². The third-order valence-corrected chi connectivity index (χ3v) is 5.61. The number of aromatic amines is 1. The van der Waals surface area contributed by atoms with Crippen LogP contribution in [0, 0.1) is 12.8 Å². The third kappa shape index (κ3) is 3.27.